The highest BCUT2D eigenvalue weighted by molar-refractivity contribution is 14.2. The van der Waals surface area contributed by atoms with Crippen LogP contribution in [0.4, 0.5) is 4.39 Å². The van der Waals surface area contributed by atoms with Crippen molar-refractivity contribution >= 4 is 28.5 Å². The van der Waals surface area contributed by atoms with Crippen molar-refractivity contribution in [3.05, 3.63) is 47.8 Å². The molecular weight excluding hydrogens is 410 g/mol. The Morgan fingerprint density at radius 2 is 2.04 bits per heavy atom. The minimum absolute atomic E-state index is 0.115. The number of allylic oxidation sites excluding steroid dienone is 1. The van der Waals surface area contributed by atoms with Gasteiger partial charge < -0.3 is 14.4 Å². The summed E-state index contributed by atoms with van der Waals surface area (Å²) in [6.07, 6.45) is 2.62. The van der Waals surface area contributed by atoms with E-state index in [-0.39, 0.29) is 32.9 Å². The van der Waals surface area contributed by atoms with Crippen LogP contribution in [0.15, 0.2) is 47.2 Å². The second kappa shape index (κ2) is 8.12. The first kappa shape index (κ1) is 16.7. The minimum atomic E-state index is -0.780. The average molecular weight is 430 g/mol. The molecule has 0 unspecified atom stereocenters. The van der Waals surface area contributed by atoms with Crippen molar-refractivity contribution < 1.29 is 13.9 Å². The van der Waals surface area contributed by atoms with Gasteiger partial charge in [0.1, 0.15) is 18.0 Å². The standard InChI is InChI=1S/C17H20FIN2O2/c1-22-14-10-21(11-15(14)23-12-18)17-7-8-19-16(20-17)9-13-5-3-2-4-6-13/h2-8,14-15H,9-12H2,1H3/t14-,15+/m0/s1. The van der Waals surface area contributed by atoms with E-state index in [4.69, 9.17) is 14.5 Å². The van der Waals surface area contributed by atoms with Gasteiger partial charge in [0.2, 0.25) is 0 Å². The predicted octanol–water partition coefficient (Wildman–Crippen LogP) is 2.90. The molecule has 3 rings (SSSR count). The number of nitrogens with zero attached hydrogens (tertiary/aromatic N) is 2. The molecule has 0 amide bonds. The molecule has 1 aromatic carbocycles. The lowest BCUT2D eigenvalue weighted by Gasteiger charge is -2.20. The van der Waals surface area contributed by atoms with Gasteiger partial charge in [0.25, 0.3) is 0 Å². The number of methoxy groups -OCH3 is 1. The van der Waals surface area contributed by atoms with Crippen LogP contribution in [0.1, 0.15) is 5.56 Å². The number of ether oxygens (including phenoxy) is 2. The van der Waals surface area contributed by atoms with Crippen molar-refractivity contribution in [1.29, 1.82) is 0 Å². The largest absolute Gasteiger partial charge is 0.377 e. The van der Waals surface area contributed by atoms with Crippen molar-refractivity contribution in [2.24, 2.45) is 4.99 Å². The number of halogens is 2. The van der Waals surface area contributed by atoms with Crippen LogP contribution in [0.3, 0.4) is 0 Å². The third kappa shape index (κ3) is 4.24. The molecule has 0 N–H and O–H groups in total. The van der Waals surface area contributed by atoms with Gasteiger partial charge in [-0.2, -0.15) is 0 Å². The van der Waals surface area contributed by atoms with E-state index in [1.807, 2.05) is 6.07 Å². The molecular formula is C17H20FIN2O2. The second-order valence-corrected chi connectivity index (χ2v) is 7.99. The van der Waals surface area contributed by atoms with Gasteiger partial charge in [-0.05, 0) is 15.7 Å². The Bertz CT molecular complexity index is 618. The Morgan fingerprint density at radius 3 is 2.78 bits per heavy atom. The van der Waals surface area contributed by atoms with E-state index in [9.17, 15) is 4.39 Å². The van der Waals surface area contributed by atoms with Crippen LogP contribution in [0, 0.1) is 0 Å². The third-order valence-electron chi connectivity index (χ3n) is 3.95. The number of hydrogen-bond acceptors (Lipinski definition) is 4. The van der Waals surface area contributed by atoms with E-state index in [0.717, 1.165) is 12.2 Å². The monoisotopic (exact) mass is 430 g/mol. The van der Waals surface area contributed by atoms with Gasteiger partial charge in [-0.3, -0.25) is 0 Å². The van der Waals surface area contributed by atoms with Crippen LogP contribution in [-0.4, -0.2) is 51.9 Å². The summed E-state index contributed by atoms with van der Waals surface area (Å²) in [7, 11) is 1.64. The van der Waals surface area contributed by atoms with Crippen LogP contribution >= 0.6 is 20.7 Å². The fraction of sp³-hybridized carbons (Fsp3) is 0.412. The maximum Gasteiger partial charge on any atom is 0.188 e. The van der Waals surface area contributed by atoms with E-state index < -0.39 is 6.86 Å². The predicted molar refractivity (Wildman–Crippen MR) is 99.0 cm³/mol. The minimum Gasteiger partial charge on any atom is -0.377 e. The highest BCUT2D eigenvalue weighted by Crippen LogP contribution is 2.25. The summed E-state index contributed by atoms with van der Waals surface area (Å²) >= 11 is -0.154. The van der Waals surface area contributed by atoms with Crippen molar-refractivity contribution in [2.45, 2.75) is 18.6 Å². The van der Waals surface area contributed by atoms with E-state index in [0.29, 0.717) is 13.1 Å². The fourth-order valence-electron chi connectivity index (χ4n) is 2.76. The first-order chi connectivity index (χ1) is 11.3. The molecule has 124 valence electrons. The molecule has 2 heterocycles. The number of hydrogen-bond donors (Lipinski definition) is 0. The molecule has 0 spiro atoms. The van der Waals surface area contributed by atoms with Crippen molar-refractivity contribution in [1.82, 2.24) is 4.90 Å². The molecule has 0 radical (unpaired) electrons. The lowest BCUT2D eigenvalue weighted by molar-refractivity contribution is -0.0593. The van der Waals surface area contributed by atoms with Crippen LogP contribution < -0.4 is 0 Å². The van der Waals surface area contributed by atoms with Gasteiger partial charge >= 0.3 is 0 Å². The number of rotatable bonds is 6. The maximum absolute atomic E-state index is 12.5. The molecule has 1 saturated heterocycles. The molecule has 0 aliphatic carbocycles. The van der Waals surface area contributed by atoms with E-state index in [1.54, 1.807) is 7.11 Å². The van der Waals surface area contributed by atoms with Gasteiger partial charge in [0.05, 0.1) is 3.72 Å². The summed E-state index contributed by atoms with van der Waals surface area (Å²) in [5, 5.41) is 0. The van der Waals surface area contributed by atoms with E-state index in [2.05, 4.69) is 39.3 Å². The highest BCUT2D eigenvalue weighted by atomic mass is 127. The van der Waals surface area contributed by atoms with Crippen LogP contribution in [0.25, 0.3) is 0 Å². The Labute approximate surface area is 145 Å². The lowest BCUT2D eigenvalue weighted by Crippen LogP contribution is -2.28. The first-order valence-corrected chi connectivity index (χ1v) is 9.86. The van der Waals surface area contributed by atoms with Crippen molar-refractivity contribution in [2.75, 3.05) is 27.1 Å². The van der Waals surface area contributed by atoms with Gasteiger partial charge in [-0.25, -0.2) is 9.38 Å². The molecule has 1 aromatic rings. The molecule has 4 nitrogen and oxygen atoms in total. The third-order valence-corrected chi connectivity index (χ3v) is 6.01. The van der Waals surface area contributed by atoms with Crippen LogP contribution in [-0.2, 0) is 15.9 Å². The van der Waals surface area contributed by atoms with Gasteiger partial charge in [0.15, 0.2) is 6.86 Å². The molecule has 2 atom stereocenters. The smallest absolute Gasteiger partial charge is 0.188 e. The molecule has 6 heteroatoms. The molecule has 1 fully saturated rings. The number of likely N-dealkylation sites (tertiary alicyclic amines) is 1. The summed E-state index contributed by atoms with van der Waals surface area (Å²) in [5.41, 5.74) is 1.29. The topological polar surface area (TPSA) is 34.1 Å². The zero-order valence-corrected chi connectivity index (χ0v) is 15.1. The molecule has 23 heavy (non-hydrogen) atoms. The number of aliphatic imine (C=N–C) groups is 1. The number of alkyl halides is 1. The summed E-state index contributed by atoms with van der Waals surface area (Å²) in [5.74, 6) is 0.939. The highest BCUT2D eigenvalue weighted by Gasteiger charge is 2.35. The Balaban J connectivity index is 1.69. The zero-order chi connectivity index (χ0) is 16.1. The summed E-state index contributed by atoms with van der Waals surface area (Å²) in [6.45, 7) is 0.515. The summed E-state index contributed by atoms with van der Waals surface area (Å²) in [4.78, 5) is 6.96. The average Bonchev–Trinajstić information content (AvgIpc) is 3.00. The molecule has 0 saturated carbocycles. The van der Waals surface area contributed by atoms with E-state index >= 15 is 0 Å². The lowest BCUT2D eigenvalue weighted by atomic mass is 10.2. The molecule has 0 bridgehead atoms. The van der Waals surface area contributed by atoms with Crippen molar-refractivity contribution in [3.8, 4) is 0 Å². The van der Waals surface area contributed by atoms with Crippen LogP contribution in [0.5, 0.6) is 0 Å². The van der Waals surface area contributed by atoms with Crippen LogP contribution in [0.2, 0.25) is 0 Å². The van der Waals surface area contributed by atoms with Gasteiger partial charge in [-0.15, -0.1) is 0 Å². The van der Waals surface area contributed by atoms with E-state index in [1.165, 1.54) is 9.28 Å². The normalized spacial score (nSPS) is 24.2. The SMILES string of the molecule is CO[C@H]1CN(C2=CC=IC(Cc3ccccc3)=N2)C[C@H]1OCF. The molecule has 0 aromatic heterocycles. The second-order valence-electron chi connectivity index (χ2n) is 5.40. The Morgan fingerprint density at radius 1 is 1.26 bits per heavy atom. The van der Waals surface area contributed by atoms with Crippen molar-refractivity contribution in [3.63, 3.8) is 0 Å². The Kier molecular flexibility index (Phi) is 5.91. The van der Waals surface area contributed by atoms with Gasteiger partial charge in [0, 0.05) is 26.6 Å². The zero-order valence-electron chi connectivity index (χ0n) is 13.0. The maximum atomic E-state index is 12.5. The quantitative estimate of drug-likeness (QED) is 0.652. The summed E-state index contributed by atoms with van der Waals surface area (Å²) in [6, 6.07) is 10.4. The first-order valence-electron chi connectivity index (χ1n) is 7.54. The fourth-order valence-corrected chi connectivity index (χ4v) is 4.73. The summed E-state index contributed by atoms with van der Waals surface area (Å²) < 4.78 is 26.5. The Hall–Kier alpha value is -1.12. The molecule has 2 aliphatic rings. The van der Waals surface area contributed by atoms with Gasteiger partial charge in [-0.1, -0.05) is 51.1 Å². The molecule has 2 aliphatic heterocycles. The number of benzene rings is 1.